The Morgan fingerprint density at radius 2 is 2.00 bits per heavy atom. The maximum absolute atomic E-state index is 11.7. The second-order valence-corrected chi connectivity index (χ2v) is 4.69. The molecule has 0 aliphatic heterocycles. The number of hydrogen-bond acceptors (Lipinski definition) is 7. The van der Waals surface area contributed by atoms with Gasteiger partial charge in [-0.2, -0.15) is 0 Å². The zero-order chi connectivity index (χ0) is 16.7. The molecule has 0 aromatic heterocycles. The van der Waals surface area contributed by atoms with E-state index in [-0.39, 0.29) is 17.9 Å². The first kappa shape index (κ1) is 18.1. The number of aliphatic hydroxyl groups is 4. The third kappa shape index (κ3) is 4.81. The molecule has 0 amide bonds. The summed E-state index contributed by atoms with van der Waals surface area (Å²) < 4.78 is 4.95. The highest BCUT2D eigenvalue weighted by atomic mass is 16.5. The number of carbonyl (C=O) groups is 1. The van der Waals surface area contributed by atoms with Crippen molar-refractivity contribution in [3.05, 3.63) is 29.8 Å². The minimum absolute atomic E-state index is 0.00716. The van der Waals surface area contributed by atoms with Crippen molar-refractivity contribution in [3.8, 4) is 11.5 Å². The molecule has 7 heteroatoms. The molecule has 0 radical (unpaired) electrons. The van der Waals surface area contributed by atoms with Gasteiger partial charge < -0.3 is 30.3 Å². The summed E-state index contributed by atoms with van der Waals surface area (Å²) in [5.74, 6) is -0.413. The van der Waals surface area contributed by atoms with Gasteiger partial charge in [0.1, 0.15) is 18.3 Å². The molecule has 0 bridgehead atoms. The molecule has 0 fully saturated rings. The van der Waals surface area contributed by atoms with E-state index in [1.165, 1.54) is 19.3 Å². The van der Waals surface area contributed by atoms with Crippen LogP contribution in [0.5, 0.6) is 11.5 Å². The van der Waals surface area contributed by atoms with Crippen LogP contribution in [0.4, 0.5) is 0 Å². The van der Waals surface area contributed by atoms with Crippen molar-refractivity contribution in [1.29, 1.82) is 0 Å². The van der Waals surface area contributed by atoms with Crippen molar-refractivity contribution in [2.45, 2.75) is 24.7 Å². The van der Waals surface area contributed by atoms with Gasteiger partial charge in [0.2, 0.25) is 0 Å². The van der Waals surface area contributed by atoms with Gasteiger partial charge in [-0.15, -0.1) is 0 Å². The van der Waals surface area contributed by atoms with Crippen LogP contribution in [0.1, 0.15) is 12.0 Å². The van der Waals surface area contributed by atoms with Crippen molar-refractivity contribution < 1.29 is 35.1 Å². The highest BCUT2D eigenvalue weighted by Gasteiger charge is 2.28. The lowest BCUT2D eigenvalue weighted by atomic mass is 10.0. The number of hydrogen-bond donors (Lipinski definition) is 5. The number of phenolic OH excluding ortho intramolecular Hbond substituents is 1. The van der Waals surface area contributed by atoms with E-state index in [1.54, 1.807) is 18.2 Å². The Balaban J connectivity index is 2.63. The fourth-order valence-corrected chi connectivity index (χ4v) is 1.74. The molecule has 1 aromatic rings. The lowest BCUT2D eigenvalue weighted by Crippen LogP contribution is -2.43. The molecule has 1 aromatic carbocycles. The monoisotopic (exact) mass is 312 g/mol. The van der Waals surface area contributed by atoms with E-state index in [2.05, 4.69) is 0 Å². The summed E-state index contributed by atoms with van der Waals surface area (Å²) in [6.45, 7) is -0.755. The Hall–Kier alpha value is -1.93. The molecule has 0 aliphatic carbocycles. The van der Waals surface area contributed by atoms with Gasteiger partial charge in [0, 0.05) is 6.42 Å². The first-order valence-corrected chi connectivity index (χ1v) is 6.62. The number of phenols is 1. The first-order valence-electron chi connectivity index (χ1n) is 6.62. The van der Waals surface area contributed by atoms with Gasteiger partial charge in [-0.05, 0) is 17.7 Å². The molecule has 122 valence electrons. The van der Waals surface area contributed by atoms with E-state index in [9.17, 15) is 20.1 Å². The quantitative estimate of drug-likeness (QED) is 0.436. The van der Waals surface area contributed by atoms with E-state index in [1.807, 2.05) is 0 Å². The van der Waals surface area contributed by atoms with Crippen molar-refractivity contribution in [1.82, 2.24) is 0 Å². The molecule has 0 saturated heterocycles. The molecule has 0 unspecified atom stereocenters. The topological polar surface area (TPSA) is 127 Å². The molecule has 0 aliphatic rings. The zero-order valence-electron chi connectivity index (χ0n) is 12.1. The summed E-state index contributed by atoms with van der Waals surface area (Å²) in [6, 6.07) is 4.62. The highest BCUT2D eigenvalue weighted by Crippen LogP contribution is 2.26. The number of ketones is 1. The van der Waals surface area contributed by atoms with Crippen LogP contribution >= 0.6 is 0 Å². The Labute approximate surface area is 127 Å². The Bertz CT molecular complexity index is 527. The molecular formula is C15H20O7. The lowest BCUT2D eigenvalue weighted by molar-refractivity contribution is -0.139. The number of aromatic hydroxyl groups is 1. The minimum Gasteiger partial charge on any atom is -0.504 e. The maximum atomic E-state index is 11.7. The summed E-state index contributed by atoms with van der Waals surface area (Å²) in [5, 5.41) is 46.2. The summed E-state index contributed by atoms with van der Waals surface area (Å²) in [7, 11) is 1.41. The zero-order valence-corrected chi connectivity index (χ0v) is 12.1. The summed E-state index contributed by atoms with van der Waals surface area (Å²) in [4.78, 5) is 11.7. The Morgan fingerprint density at radius 1 is 1.32 bits per heavy atom. The predicted molar refractivity (Wildman–Crippen MR) is 78.4 cm³/mol. The van der Waals surface area contributed by atoms with Gasteiger partial charge in [-0.1, -0.05) is 18.2 Å². The van der Waals surface area contributed by atoms with Crippen LogP contribution in [-0.4, -0.2) is 63.3 Å². The number of aliphatic hydroxyl groups excluding tert-OH is 4. The van der Waals surface area contributed by atoms with E-state index in [0.717, 1.165) is 0 Å². The van der Waals surface area contributed by atoms with Crippen LogP contribution in [0.3, 0.4) is 0 Å². The summed E-state index contributed by atoms with van der Waals surface area (Å²) >= 11 is 0. The standard InChI is InChI=1S/C15H20O7/c1-22-13-7-9(5-6-10(13)17)3-2-4-11(18)14(20)15(21)12(19)8-16/h2-3,5-7,12,14-17,19-21H,4,8H2,1H3/t12-,14+,15+/m1/s1. The van der Waals surface area contributed by atoms with Crippen LogP contribution in [0.2, 0.25) is 0 Å². The molecule has 5 N–H and O–H groups in total. The second-order valence-electron chi connectivity index (χ2n) is 4.69. The van der Waals surface area contributed by atoms with E-state index >= 15 is 0 Å². The molecule has 3 atom stereocenters. The number of ether oxygens (including phenoxy) is 1. The van der Waals surface area contributed by atoms with Gasteiger partial charge in [0.05, 0.1) is 13.7 Å². The average Bonchev–Trinajstić information content (AvgIpc) is 2.53. The van der Waals surface area contributed by atoms with Crippen molar-refractivity contribution >= 4 is 11.9 Å². The van der Waals surface area contributed by atoms with Crippen molar-refractivity contribution in [2.75, 3.05) is 13.7 Å². The molecule has 7 nitrogen and oxygen atoms in total. The average molecular weight is 312 g/mol. The normalized spacial score (nSPS) is 15.5. The highest BCUT2D eigenvalue weighted by molar-refractivity contribution is 5.85. The summed E-state index contributed by atoms with van der Waals surface area (Å²) in [5.41, 5.74) is 0.674. The third-order valence-electron chi connectivity index (χ3n) is 3.07. The SMILES string of the molecule is COc1cc(C=CCC(=O)[C@H](O)[C@@H](O)[C@H](O)CO)ccc1O. The van der Waals surface area contributed by atoms with E-state index in [4.69, 9.17) is 14.9 Å². The smallest absolute Gasteiger partial charge is 0.167 e. The van der Waals surface area contributed by atoms with Crippen LogP contribution in [0.15, 0.2) is 24.3 Å². The van der Waals surface area contributed by atoms with Gasteiger partial charge >= 0.3 is 0 Å². The predicted octanol–water partition coefficient (Wildman–Crippen LogP) is -0.552. The lowest BCUT2D eigenvalue weighted by Gasteiger charge is -2.19. The largest absolute Gasteiger partial charge is 0.504 e. The number of allylic oxidation sites excluding steroid dienone is 1. The van der Waals surface area contributed by atoms with Crippen LogP contribution < -0.4 is 4.74 Å². The van der Waals surface area contributed by atoms with Gasteiger partial charge in [-0.3, -0.25) is 4.79 Å². The summed E-state index contributed by atoms with van der Waals surface area (Å²) in [6.07, 6.45) is -2.21. The number of Topliss-reactive ketones (excluding diaryl/α,β-unsaturated/α-hetero) is 1. The molecular weight excluding hydrogens is 292 g/mol. The number of rotatable bonds is 8. The fraction of sp³-hybridized carbons (Fsp3) is 0.400. The number of methoxy groups -OCH3 is 1. The Morgan fingerprint density at radius 3 is 2.59 bits per heavy atom. The van der Waals surface area contributed by atoms with Crippen LogP contribution in [-0.2, 0) is 4.79 Å². The van der Waals surface area contributed by atoms with Gasteiger partial charge in [0.15, 0.2) is 17.3 Å². The first-order chi connectivity index (χ1) is 10.4. The van der Waals surface area contributed by atoms with E-state index < -0.39 is 30.7 Å². The number of benzene rings is 1. The molecule has 22 heavy (non-hydrogen) atoms. The number of carbonyl (C=O) groups excluding carboxylic acids is 1. The maximum Gasteiger partial charge on any atom is 0.167 e. The molecule has 0 saturated carbocycles. The van der Waals surface area contributed by atoms with Gasteiger partial charge in [0.25, 0.3) is 0 Å². The van der Waals surface area contributed by atoms with Gasteiger partial charge in [-0.25, -0.2) is 0 Å². The van der Waals surface area contributed by atoms with Crippen LogP contribution in [0.25, 0.3) is 6.08 Å². The minimum atomic E-state index is -1.78. The fourth-order valence-electron chi connectivity index (χ4n) is 1.74. The second kappa shape index (κ2) is 8.50. The van der Waals surface area contributed by atoms with Crippen LogP contribution in [0, 0.1) is 0 Å². The molecule has 0 heterocycles. The van der Waals surface area contributed by atoms with E-state index in [0.29, 0.717) is 5.56 Å². The molecule has 0 spiro atoms. The Kier molecular flexibility index (Phi) is 7.00. The molecule has 1 rings (SSSR count). The van der Waals surface area contributed by atoms with Crippen molar-refractivity contribution in [3.63, 3.8) is 0 Å². The third-order valence-corrected chi connectivity index (χ3v) is 3.07. The van der Waals surface area contributed by atoms with Crippen molar-refractivity contribution in [2.24, 2.45) is 0 Å².